The fourth-order valence-corrected chi connectivity index (χ4v) is 2.55. The summed E-state index contributed by atoms with van der Waals surface area (Å²) < 4.78 is 0. The van der Waals surface area contributed by atoms with Gasteiger partial charge in [0.15, 0.2) is 0 Å². The van der Waals surface area contributed by atoms with Crippen molar-refractivity contribution in [3.8, 4) is 0 Å². The molecule has 3 nitrogen and oxygen atoms in total. The molecule has 0 radical (unpaired) electrons. The number of aromatic nitrogens is 1. The first-order valence-electron chi connectivity index (χ1n) is 6.33. The lowest BCUT2D eigenvalue weighted by molar-refractivity contribution is 0.865. The third kappa shape index (κ3) is 3.98. The van der Waals surface area contributed by atoms with Crippen LogP contribution in [0.15, 0.2) is 47.5 Å². The monoisotopic (exact) mass is 273 g/mol. The quantitative estimate of drug-likeness (QED) is 0.494. The first-order valence-corrected chi connectivity index (χ1v) is 7.32. The van der Waals surface area contributed by atoms with E-state index in [2.05, 4.69) is 48.5 Å². The number of anilines is 1. The van der Waals surface area contributed by atoms with Gasteiger partial charge in [-0.05, 0) is 35.7 Å². The van der Waals surface area contributed by atoms with Crippen LogP contribution in [-0.4, -0.2) is 4.98 Å². The Morgan fingerprint density at radius 3 is 2.58 bits per heavy atom. The van der Waals surface area contributed by atoms with E-state index in [1.807, 2.05) is 12.1 Å². The van der Waals surface area contributed by atoms with Gasteiger partial charge in [-0.15, -0.1) is 11.8 Å². The predicted octanol–water partition coefficient (Wildman–Crippen LogP) is 3.78. The minimum absolute atomic E-state index is 0.577. The summed E-state index contributed by atoms with van der Waals surface area (Å²) in [6.07, 6.45) is 1.77. The Balaban J connectivity index is 1.98. The second-order valence-corrected chi connectivity index (χ2v) is 5.74. The number of hydrogen-bond acceptors (Lipinski definition) is 4. The summed E-state index contributed by atoms with van der Waals surface area (Å²) in [6.45, 7) is 4.41. The summed E-state index contributed by atoms with van der Waals surface area (Å²) in [5, 5.41) is 0. The van der Waals surface area contributed by atoms with Crippen LogP contribution in [0.25, 0.3) is 0 Å². The molecule has 4 heteroatoms. The topological polar surface area (TPSA) is 50.9 Å². The molecule has 0 bridgehead atoms. The number of thioether (sulfide) groups is 1. The molecule has 1 aromatic heterocycles. The maximum atomic E-state index is 5.39. The van der Waals surface area contributed by atoms with Crippen LogP contribution in [0.4, 0.5) is 5.69 Å². The van der Waals surface area contributed by atoms with Crippen LogP contribution in [0, 0.1) is 0 Å². The van der Waals surface area contributed by atoms with Crippen LogP contribution in [0.5, 0.6) is 0 Å². The number of hydrazine groups is 1. The molecular formula is C15H19N3S. The largest absolute Gasteiger partial charge is 0.324 e. The Labute approximate surface area is 118 Å². The molecule has 0 aliphatic heterocycles. The normalized spacial score (nSPS) is 10.7. The van der Waals surface area contributed by atoms with E-state index in [0.29, 0.717) is 5.92 Å². The SMILES string of the molecule is CC(C)c1ccc(SCc2cc(NN)ccn2)cc1. The zero-order valence-corrected chi connectivity index (χ0v) is 12.1. The van der Waals surface area contributed by atoms with Crippen molar-refractivity contribution in [3.63, 3.8) is 0 Å². The average Bonchev–Trinajstić information content (AvgIpc) is 2.46. The number of hydrogen-bond donors (Lipinski definition) is 2. The van der Waals surface area contributed by atoms with Gasteiger partial charge in [0.05, 0.1) is 11.4 Å². The third-order valence-electron chi connectivity index (χ3n) is 2.92. The Morgan fingerprint density at radius 1 is 1.21 bits per heavy atom. The summed E-state index contributed by atoms with van der Waals surface area (Å²) in [5.41, 5.74) is 5.92. The summed E-state index contributed by atoms with van der Waals surface area (Å²) in [4.78, 5) is 5.59. The highest BCUT2D eigenvalue weighted by Gasteiger charge is 2.01. The van der Waals surface area contributed by atoms with Gasteiger partial charge in [-0.1, -0.05) is 26.0 Å². The first-order chi connectivity index (χ1) is 9.19. The maximum absolute atomic E-state index is 5.39. The molecule has 0 unspecified atom stereocenters. The fourth-order valence-electron chi connectivity index (χ4n) is 1.75. The molecule has 1 heterocycles. The number of nitrogens with zero attached hydrogens (tertiary/aromatic N) is 1. The van der Waals surface area contributed by atoms with Gasteiger partial charge in [0.1, 0.15) is 0 Å². The van der Waals surface area contributed by atoms with Crippen LogP contribution in [0.1, 0.15) is 31.0 Å². The molecule has 3 N–H and O–H groups in total. The van der Waals surface area contributed by atoms with Crippen LogP contribution >= 0.6 is 11.8 Å². The highest BCUT2D eigenvalue weighted by atomic mass is 32.2. The highest BCUT2D eigenvalue weighted by Crippen LogP contribution is 2.24. The zero-order valence-electron chi connectivity index (χ0n) is 11.3. The number of nitrogens with one attached hydrogen (secondary N) is 1. The van der Waals surface area contributed by atoms with E-state index in [1.165, 1.54) is 10.5 Å². The van der Waals surface area contributed by atoms with Gasteiger partial charge in [0.25, 0.3) is 0 Å². The molecule has 1 aromatic carbocycles. The van der Waals surface area contributed by atoms with Crippen molar-refractivity contribution >= 4 is 17.4 Å². The third-order valence-corrected chi connectivity index (χ3v) is 3.96. The van der Waals surface area contributed by atoms with Crippen molar-refractivity contribution in [1.82, 2.24) is 4.98 Å². The Hall–Kier alpha value is -1.52. The number of nitrogens with two attached hydrogens (primary N) is 1. The molecule has 0 amide bonds. The van der Waals surface area contributed by atoms with E-state index in [0.717, 1.165) is 17.1 Å². The lowest BCUT2D eigenvalue weighted by Gasteiger charge is -2.07. The molecule has 0 saturated heterocycles. The molecule has 0 aliphatic rings. The molecular weight excluding hydrogens is 254 g/mol. The van der Waals surface area contributed by atoms with Crippen molar-refractivity contribution < 1.29 is 0 Å². The molecule has 0 spiro atoms. The molecule has 0 atom stereocenters. The molecule has 2 rings (SSSR count). The van der Waals surface area contributed by atoms with Crippen molar-refractivity contribution in [2.45, 2.75) is 30.4 Å². The molecule has 100 valence electrons. The second kappa shape index (κ2) is 6.59. The maximum Gasteiger partial charge on any atom is 0.0527 e. The smallest absolute Gasteiger partial charge is 0.0527 e. The number of benzene rings is 1. The van der Waals surface area contributed by atoms with Gasteiger partial charge in [-0.2, -0.15) is 0 Å². The Bertz CT molecular complexity index is 523. The van der Waals surface area contributed by atoms with Crippen molar-refractivity contribution in [2.75, 3.05) is 5.43 Å². The van der Waals surface area contributed by atoms with Gasteiger partial charge in [0.2, 0.25) is 0 Å². The van der Waals surface area contributed by atoms with E-state index in [4.69, 9.17) is 5.84 Å². The van der Waals surface area contributed by atoms with Gasteiger partial charge >= 0.3 is 0 Å². The molecule has 2 aromatic rings. The molecule has 0 fully saturated rings. The minimum Gasteiger partial charge on any atom is -0.324 e. The van der Waals surface area contributed by atoms with E-state index >= 15 is 0 Å². The number of nitrogen functional groups attached to an aromatic ring is 1. The molecule has 0 aliphatic carbocycles. The first kappa shape index (κ1) is 13.9. The Kier molecular flexibility index (Phi) is 4.82. The van der Waals surface area contributed by atoms with Crippen LogP contribution < -0.4 is 11.3 Å². The van der Waals surface area contributed by atoms with Crippen LogP contribution in [0.3, 0.4) is 0 Å². The van der Waals surface area contributed by atoms with E-state index < -0.39 is 0 Å². The predicted molar refractivity (Wildman–Crippen MR) is 82.1 cm³/mol. The molecule has 0 saturated carbocycles. The molecule has 19 heavy (non-hydrogen) atoms. The van der Waals surface area contributed by atoms with E-state index in [9.17, 15) is 0 Å². The van der Waals surface area contributed by atoms with Crippen LogP contribution in [0.2, 0.25) is 0 Å². The Morgan fingerprint density at radius 2 is 1.95 bits per heavy atom. The van der Waals surface area contributed by atoms with Crippen molar-refractivity contribution in [3.05, 3.63) is 53.9 Å². The van der Waals surface area contributed by atoms with Gasteiger partial charge < -0.3 is 5.43 Å². The second-order valence-electron chi connectivity index (χ2n) is 4.69. The van der Waals surface area contributed by atoms with Crippen LogP contribution in [-0.2, 0) is 5.75 Å². The van der Waals surface area contributed by atoms with E-state index in [-0.39, 0.29) is 0 Å². The minimum atomic E-state index is 0.577. The highest BCUT2D eigenvalue weighted by molar-refractivity contribution is 7.98. The summed E-state index contributed by atoms with van der Waals surface area (Å²) >= 11 is 1.78. The zero-order chi connectivity index (χ0) is 13.7. The van der Waals surface area contributed by atoms with E-state index in [1.54, 1.807) is 18.0 Å². The van der Waals surface area contributed by atoms with Crippen molar-refractivity contribution in [1.29, 1.82) is 0 Å². The summed E-state index contributed by atoms with van der Waals surface area (Å²) in [6, 6.07) is 12.5. The van der Waals surface area contributed by atoms with Gasteiger partial charge in [0, 0.05) is 16.8 Å². The standard InChI is InChI=1S/C15H19N3S/c1-11(2)12-3-5-15(6-4-12)19-10-14-9-13(18-16)7-8-17-14/h3-9,11H,10,16H2,1-2H3,(H,17,18). The summed E-state index contributed by atoms with van der Waals surface area (Å²) in [7, 11) is 0. The fraction of sp³-hybridized carbons (Fsp3) is 0.267. The lowest BCUT2D eigenvalue weighted by Crippen LogP contribution is -2.07. The number of pyridine rings is 1. The van der Waals surface area contributed by atoms with Gasteiger partial charge in [-0.3, -0.25) is 10.8 Å². The average molecular weight is 273 g/mol. The summed E-state index contributed by atoms with van der Waals surface area (Å²) in [5.74, 6) is 6.81. The number of rotatable bonds is 5. The van der Waals surface area contributed by atoms with Crippen molar-refractivity contribution in [2.24, 2.45) is 5.84 Å². The lowest BCUT2D eigenvalue weighted by atomic mass is 10.0. The van der Waals surface area contributed by atoms with Gasteiger partial charge in [-0.25, -0.2) is 0 Å².